The Kier molecular flexibility index (Phi) is 5.06. The average Bonchev–Trinajstić information content (AvgIpc) is 2.35. The van der Waals surface area contributed by atoms with Crippen LogP contribution in [0, 0.1) is 0 Å². The second-order valence-electron chi connectivity index (χ2n) is 2.92. The fourth-order valence-electron chi connectivity index (χ4n) is 1.05. The molecule has 0 aliphatic rings. The number of hydrogen-bond acceptors (Lipinski definition) is 4. The van der Waals surface area contributed by atoms with Crippen LogP contribution in [0.5, 0.6) is 5.75 Å². The van der Waals surface area contributed by atoms with Crippen LogP contribution < -0.4 is 10.5 Å². The fourth-order valence-corrected chi connectivity index (χ4v) is 1.27. The number of nitrogens with two attached hydrogens (primary N) is 1. The smallest absolute Gasteiger partial charge is 0.349 e. The van der Waals surface area contributed by atoms with Crippen molar-refractivity contribution >= 4 is 35.0 Å². The Balaban J connectivity index is 2.97. The van der Waals surface area contributed by atoms with E-state index in [1.54, 1.807) is 18.2 Å². The van der Waals surface area contributed by atoms with Crippen LogP contribution in [0.1, 0.15) is 5.56 Å². The molecule has 0 aliphatic carbocycles. The first-order chi connectivity index (χ1) is 8.08. The van der Waals surface area contributed by atoms with Crippen molar-refractivity contribution in [2.24, 2.45) is 10.9 Å². The van der Waals surface area contributed by atoms with Crippen molar-refractivity contribution in [3.05, 3.63) is 28.8 Å². The van der Waals surface area contributed by atoms with Gasteiger partial charge in [0, 0.05) is 5.02 Å². The summed E-state index contributed by atoms with van der Waals surface area (Å²) in [6.07, 6.45) is 0. The highest BCUT2D eigenvalue weighted by Crippen LogP contribution is 2.22. The van der Waals surface area contributed by atoms with Gasteiger partial charge in [0.05, 0.1) is 12.7 Å². The first-order valence-electron chi connectivity index (χ1n) is 4.51. The van der Waals surface area contributed by atoms with Gasteiger partial charge in [-0.05, 0) is 18.2 Å². The lowest BCUT2D eigenvalue weighted by Gasteiger charge is -2.07. The third kappa shape index (κ3) is 3.80. The lowest BCUT2D eigenvalue weighted by atomic mass is 10.2. The van der Waals surface area contributed by atoms with Gasteiger partial charge in [-0.25, -0.2) is 4.79 Å². The molecule has 7 heteroatoms. The molecule has 1 aromatic carbocycles. The molecule has 0 bridgehead atoms. The lowest BCUT2D eigenvalue weighted by molar-refractivity contribution is -0.140. The number of hydrogen-bond donors (Lipinski definition) is 1. The molecule has 0 heterocycles. The number of halogens is 2. The minimum Gasteiger partial charge on any atom is -0.496 e. The largest absolute Gasteiger partial charge is 0.496 e. The van der Waals surface area contributed by atoms with Gasteiger partial charge in [-0.15, -0.1) is 11.6 Å². The number of carbonyl (C=O) groups is 1. The summed E-state index contributed by atoms with van der Waals surface area (Å²) in [5.41, 5.74) is 6.07. The van der Waals surface area contributed by atoms with Crippen LogP contribution in [0.25, 0.3) is 0 Å². The van der Waals surface area contributed by atoms with Gasteiger partial charge in [0.1, 0.15) is 11.6 Å². The number of alkyl halides is 1. The molecule has 1 rings (SSSR count). The summed E-state index contributed by atoms with van der Waals surface area (Å²) in [6.45, 7) is 0. The number of amidine groups is 1. The van der Waals surface area contributed by atoms with Gasteiger partial charge in [-0.3, -0.25) is 0 Å². The molecule has 0 unspecified atom stereocenters. The third-order valence-electron chi connectivity index (χ3n) is 1.79. The second-order valence-corrected chi connectivity index (χ2v) is 3.62. The molecule has 0 spiro atoms. The van der Waals surface area contributed by atoms with E-state index in [0.29, 0.717) is 16.3 Å². The highest BCUT2D eigenvalue weighted by Gasteiger charge is 2.09. The van der Waals surface area contributed by atoms with Crippen LogP contribution >= 0.6 is 23.2 Å². The van der Waals surface area contributed by atoms with Crippen LogP contribution in [0.15, 0.2) is 23.4 Å². The van der Waals surface area contributed by atoms with E-state index in [1.807, 2.05) is 0 Å². The molecule has 0 aliphatic heterocycles. The van der Waals surface area contributed by atoms with Crippen molar-refractivity contribution in [1.82, 2.24) is 0 Å². The summed E-state index contributed by atoms with van der Waals surface area (Å²) in [5, 5.41) is 3.90. The van der Waals surface area contributed by atoms with E-state index < -0.39 is 5.97 Å². The average molecular weight is 277 g/mol. The zero-order chi connectivity index (χ0) is 12.8. The summed E-state index contributed by atoms with van der Waals surface area (Å²) in [6, 6.07) is 4.82. The van der Waals surface area contributed by atoms with Crippen molar-refractivity contribution in [3.63, 3.8) is 0 Å². The molecule has 1 aromatic rings. The van der Waals surface area contributed by atoms with Crippen molar-refractivity contribution in [2.45, 2.75) is 0 Å². The third-order valence-corrected chi connectivity index (χ3v) is 2.25. The number of benzene rings is 1. The zero-order valence-electron chi connectivity index (χ0n) is 8.94. The molecule has 92 valence electrons. The Hall–Kier alpha value is -1.46. The van der Waals surface area contributed by atoms with Crippen molar-refractivity contribution < 1.29 is 14.4 Å². The van der Waals surface area contributed by atoms with E-state index in [9.17, 15) is 4.79 Å². The number of methoxy groups -OCH3 is 1. The molecular weight excluding hydrogens is 267 g/mol. The van der Waals surface area contributed by atoms with Crippen LogP contribution in [0.2, 0.25) is 5.02 Å². The topological polar surface area (TPSA) is 73.9 Å². The maximum Gasteiger partial charge on any atom is 0.349 e. The highest BCUT2D eigenvalue weighted by molar-refractivity contribution is 6.31. The highest BCUT2D eigenvalue weighted by atomic mass is 35.5. The standard InChI is InChI=1S/C10H10Cl2N2O3/c1-16-8-3-2-6(12)4-7(8)10(13)14-17-9(15)5-11/h2-4H,5H2,1H3,(H2,13,14). The Labute approximate surface area is 108 Å². The number of oxime groups is 1. The number of nitrogens with zero attached hydrogens (tertiary/aromatic N) is 1. The van der Waals surface area contributed by atoms with Crippen LogP contribution in [-0.2, 0) is 9.63 Å². The maximum absolute atomic E-state index is 10.8. The van der Waals surface area contributed by atoms with Gasteiger partial charge in [0.2, 0.25) is 0 Å². The molecule has 0 atom stereocenters. The number of ether oxygens (including phenoxy) is 1. The number of carbonyl (C=O) groups excluding carboxylic acids is 1. The molecule has 0 fully saturated rings. The summed E-state index contributed by atoms with van der Waals surface area (Å²) in [5.74, 6) is -0.556. The normalized spacial score (nSPS) is 11.1. The summed E-state index contributed by atoms with van der Waals surface area (Å²) >= 11 is 11.0. The Morgan fingerprint density at radius 1 is 1.53 bits per heavy atom. The molecule has 0 saturated carbocycles. The first kappa shape index (κ1) is 13.6. The van der Waals surface area contributed by atoms with Crippen LogP contribution in [0.3, 0.4) is 0 Å². The van der Waals surface area contributed by atoms with Crippen molar-refractivity contribution in [1.29, 1.82) is 0 Å². The summed E-state index contributed by atoms with van der Waals surface area (Å²) in [7, 11) is 1.48. The Bertz CT molecular complexity index is 449. The van der Waals surface area contributed by atoms with E-state index >= 15 is 0 Å². The van der Waals surface area contributed by atoms with Crippen molar-refractivity contribution in [3.8, 4) is 5.75 Å². The van der Waals surface area contributed by atoms with Crippen LogP contribution in [0.4, 0.5) is 0 Å². The minimum atomic E-state index is -0.699. The lowest BCUT2D eigenvalue weighted by Crippen LogP contribution is -2.16. The molecule has 5 nitrogen and oxygen atoms in total. The molecule has 0 amide bonds. The number of rotatable bonds is 4. The SMILES string of the molecule is COc1ccc(Cl)cc1/C(N)=N/OC(=O)CCl. The minimum absolute atomic E-state index is 0.0252. The van der Waals surface area contributed by atoms with Gasteiger partial charge in [-0.2, -0.15) is 0 Å². The molecule has 2 N–H and O–H groups in total. The zero-order valence-corrected chi connectivity index (χ0v) is 10.5. The van der Waals surface area contributed by atoms with E-state index in [2.05, 4.69) is 9.99 Å². The van der Waals surface area contributed by atoms with Gasteiger partial charge >= 0.3 is 5.97 Å². The van der Waals surface area contributed by atoms with E-state index in [0.717, 1.165) is 0 Å². The first-order valence-corrected chi connectivity index (χ1v) is 5.43. The van der Waals surface area contributed by atoms with Crippen LogP contribution in [-0.4, -0.2) is 24.8 Å². The molecule has 0 radical (unpaired) electrons. The van der Waals surface area contributed by atoms with Gasteiger partial charge in [0.25, 0.3) is 0 Å². The molecule has 0 aromatic heterocycles. The van der Waals surface area contributed by atoms with Crippen molar-refractivity contribution in [2.75, 3.05) is 13.0 Å². The van der Waals surface area contributed by atoms with Gasteiger partial charge in [0.15, 0.2) is 5.84 Å². The molecule has 0 saturated heterocycles. The van der Waals surface area contributed by atoms with E-state index in [4.69, 9.17) is 33.7 Å². The summed E-state index contributed by atoms with van der Waals surface area (Å²) in [4.78, 5) is 15.2. The van der Waals surface area contributed by atoms with E-state index in [-0.39, 0.29) is 11.7 Å². The molecule has 17 heavy (non-hydrogen) atoms. The predicted molar refractivity (Wildman–Crippen MR) is 65.5 cm³/mol. The quantitative estimate of drug-likeness (QED) is 0.299. The monoisotopic (exact) mass is 276 g/mol. The Morgan fingerprint density at radius 2 is 2.24 bits per heavy atom. The summed E-state index contributed by atoms with van der Waals surface area (Å²) < 4.78 is 5.07. The fraction of sp³-hybridized carbons (Fsp3) is 0.200. The van der Waals surface area contributed by atoms with Gasteiger partial charge in [-0.1, -0.05) is 16.8 Å². The molecular formula is C10H10Cl2N2O3. The second kappa shape index (κ2) is 6.32. The Morgan fingerprint density at radius 3 is 2.82 bits per heavy atom. The predicted octanol–water partition coefficient (Wildman–Crippen LogP) is 1.75. The van der Waals surface area contributed by atoms with Gasteiger partial charge < -0.3 is 15.3 Å². The van der Waals surface area contributed by atoms with E-state index in [1.165, 1.54) is 7.11 Å². The maximum atomic E-state index is 10.8.